The Morgan fingerprint density at radius 2 is 1.49 bits per heavy atom. The second-order valence-electron chi connectivity index (χ2n) is 21.0. The van der Waals surface area contributed by atoms with E-state index in [1.54, 1.807) is 75.7 Å². The molecule has 0 radical (unpaired) electrons. The molecule has 0 saturated carbocycles. The Hall–Kier alpha value is -6.69. The highest BCUT2D eigenvalue weighted by Crippen LogP contribution is 2.32. The lowest BCUT2D eigenvalue weighted by molar-refractivity contribution is -0.143. The second-order valence-corrected chi connectivity index (χ2v) is 22.7. The van der Waals surface area contributed by atoms with Crippen LogP contribution in [0, 0.1) is 0 Å². The summed E-state index contributed by atoms with van der Waals surface area (Å²) in [5, 5.41) is 19.9. The van der Waals surface area contributed by atoms with Crippen LogP contribution in [-0.2, 0) is 54.4 Å². The van der Waals surface area contributed by atoms with E-state index >= 15 is 0 Å². The summed E-state index contributed by atoms with van der Waals surface area (Å²) in [6.07, 6.45) is 11.1. The highest BCUT2D eigenvalue weighted by atomic mass is 35.5. The van der Waals surface area contributed by atoms with E-state index in [0.717, 1.165) is 61.6 Å². The normalized spacial score (nSPS) is 13.9. The predicted octanol–water partition coefficient (Wildman–Crippen LogP) is 9.57. The summed E-state index contributed by atoms with van der Waals surface area (Å²) in [5.74, 6) is 0.968. The molecule has 6 rings (SSSR count). The van der Waals surface area contributed by atoms with Gasteiger partial charge in [-0.15, -0.1) is 16.4 Å². The van der Waals surface area contributed by atoms with Gasteiger partial charge in [0.1, 0.15) is 24.1 Å². The molecule has 0 aliphatic carbocycles. The van der Waals surface area contributed by atoms with Gasteiger partial charge in [0.05, 0.1) is 86.7 Å². The van der Waals surface area contributed by atoms with E-state index in [2.05, 4.69) is 61.3 Å². The topological polar surface area (TPSA) is 207 Å². The van der Waals surface area contributed by atoms with Gasteiger partial charge in [-0.1, -0.05) is 84.9 Å². The Kier molecular flexibility index (Phi) is 29.5. The van der Waals surface area contributed by atoms with E-state index < -0.39 is 12.1 Å². The maximum absolute atomic E-state index is 14.2. The van der Waals surface area contributed by atoms with Gasteiger partial charge in [-0.25, -0.2) is 14.5 Å². The molecule has 1 fully saturated rings. The number of urea groups is 1. The van der Waals surface area contributed by atoms with Crippen LogP contribution in [0.5, 0.6) is 11.5 Å². The first-order valence-corrected chi connectivity index (χ1v) is 31.0. The van der Waals surface area contributed by atoms with Gasteiger partial charge in [-0.3, -0.25) is 19.7 Å². The molecule has 23 heteroatoms. The molecule has 20 nitrogen and oxygen atoms in total. The number of thiazole rings is 1. The van der Waals surface area contributed by atoms with Crippen LogP contribution < -0.4 is 25.4 Å². The molecular formula is C63H85Cl2N11O9S. The molecule has 0 spiro atoms. The summed E-state index contributed by atoms with van der Waals surface area (Å²) >= 11 is 14.0. The van der Waals surface area contributed by atoms with Gasteiger partial charge in [-0.2, -0.15) is 0 Å². The smallest absolute Gasteiger partial charge is 0.325 e. The van der Waals surface area contributed by atoms with Gasteiger partial charge in [0.25, 0.3) is 0 Å². The number of nitrogens with zero attached hydrogens (tertiary/aromatic N) is 8. The van der Waals surface area contributed by atoms with Gasteiger partial charge >= 0.3 is 6.03 Å². The largest absolute Gasteiger partial charge is 0.494 e. The van der Waals surface area contributed by atoms with Gasteiger partial charge in [0, 0.05) is 68.9 Å². The van der Waals surface area contributed by atoms with Crippen molar-refractivity contribution in [1.29, 1.82) is 0 Å². The van der Waals surface area contributed by atoms with Crippen molar-refractivity contribution in [3.05, 3.63) is 148 Å². The number of allylic oxidation sites excluding steroid dienone is 2. The number of nitrogens with one attached hydrogen (secondary N) is 3. The number of piperazine rings is 1. The van der Waals surface area contributed by atoms with E-state index in [-0.39, 0.29) is 42.6 Å². The molecule has 1 aliphatic rings. The number of hydrogen-bond donors (Lipinski definition) is 3. The Balaban J connectivity index is 0.755. The minimum Gasteiger partial charge on any atom is -0.494 e. The lowest BCUT2D eigenvalue weighted by Crippen LogP contribution is -2.49. The molecule has 3 atom stereocenters. The van der Waals surface area contributed by atoms with Crippen LogP contribution in [-0.4, -0.2) is 182 Å². The standard InChI is InChI=1S/C63H85Cl2N11O9S/c1-8-13-49(10-3)47(5)66-61(79)60(50-17-24-56(64)57(65)42-50)76(46(4)9-2)58(77)25-16-48-14-20-54(21-15-48)84-34-12-11-27-72(6)32-36-82-39-38-81-35-26-52-44-75(71-70-52)33-37-83-40-41-85-55-22-18-51(19-23-55)67-62(80)69-63-68-53(45-86-63)43-59(78)74-30-28-73(7)29-31-74/h8,10,13-15,17-24,42,44-47,60H,1,3,9,11-12,16,25-41,43H2,2,4-7H3,(H,66,79)(H2,67,68,69,80)/b49-13+. The van der Waals surface area contributed by atoms with E-state index in [9.17, 15) is 19.2 Å². The third-order valence-corrected chi connectivity index (χ3v) is 16.0. The van der Waals surface area contributed by atoms with Crippen LogP contribution in [0.3, 0.4) is 0 Å². The van der Waals surface area contributed by atoms with Crippen molar-refractivity contribution in [1.82, 2.24) is 44.9 Å². The van der Waals surface area contributed by atoms with Crippen molar-refractivity contribution >= 4 is 69.1 Å². The number of unbranched alkanes of at least 4 members (excludes halogenated alkanes) is 1. The SMILES string of the molecule is C=C/C=C(\C=C)C(C)NC(=O)C(c1ccc(Cl)c(Cl)c1)N(C(=O)CCc1ccc(OCCCCN(C)CCOCCOCCc2cn(CCOCCOc3ccc(NC(=O)Nc4nc(CC(=O)N5CCN(C)CC5)cs4)cc3)nn2)cc1)C(C)CC. The first-order valence-electron chi connectivity index (χ1n) is 29.4. The molecular weight excluding hydrogens is 1160 g/mol. The average molecular weight is 1240 g/mol. The number of likely N-dealkylation sites (N-methyl/N-ethyl adjacent to an activating group) is 2. The summed E-state index contributed by atoms with van der Waals surface area (Å²) in [5.41, 5.74) is 4.41. The molecule has 3 heterocycles. The summed E-state index contributed by atoms with van der Waals surface area (Å²) in [4.78, 5) is 65.9. The van der Waals surface area contributed by atoms with E-state index in [0.29, 0.717) is 130 Å². The molecule has 3 unspecified atom stereocenters. The summed E-state index contributed by atoms with van der Waals surface area (Å²) in [6, 6.07) is 17.9. The number of carbonyl (C=O) groups is 4. The van der Waals surface area contributed by atoms with Gasteiger partial charge in [0.15, 0.2) is 5.13 Å². The molecule has 3 N–H and O–H groups in total. The van der Waals surface area contributed by atoms with Crippen molar-refractivity contribution < 1.29 is 42.9 Å². The zero-order chi connectivity index (χ0) is 61.6. The first kappa shape index (κ1) is 68.4. The quantitative estimate of drug-likeness (QED) is 0.0249. The van der Waals surface area contributed by atoms with Crippen molar-refractivity contribution in [3.63, 3.8) is 0 Å². The van der Waals surface area contributed by atoms with E-state index in [4.69, 9.17) is 46.9 Å². The maximum Gasteiger partial charge on any atom is 0.325 e. The van der Waals surface area contributed by atoms with Crippen molar-refractivity contribution in [3.8, 4) is 11.5 Å². The fraction of sp³-hybridized carbons (Fsp3) is 0.476. The zero-order valence-corrected chi connectivity index (χ0v) is 52.7. The number of carbonyl (C=O) groups excluding carboxylic acids is 4. The van der Waals surface area contributed by atoms with Gasteiger partial charge in [0.2, 0.25) is 17.7 Å². The maximum atomic E-state index is 14.2. The van der Waals surface area contributed by atoms with Crippen molar-refractivity contribution in [2.45, 2.75) is 90.4 Å². The number of aryl methyl sites for hydroxylation is 1. The second kappa shape index (κ2) is 37.1. The number of rotatable bonds is 38. The Morgan fingerprint density at radius 3 is 2.20 bits per heavy atom. The van der Waals surface area contributed by atoms with Gasteiger partial charge < -0.3 is 53.9 Å². The lowest BCUT2D eigenvalue weighted by Gasteiger charge is -2.36. The number of halogens is 2. The molecule has 3 aromatic carbocycles. The third-order valence-electron chi connectivity index (χ3n) is 14.4. The first-order chi connectivity index (χ1) is 41.6. The minimum absolute atomic E-state index is 0.0447. The molecule has 5 aromatic rings. The molecule has 466 valence electrons. The fourth-order valence-electron chi connectivity index (χ4n) is 9.20. The van der Waals surface area contributed by atoms with E-state index in [1.807, 2.05) is 63.2 Å². The number of hydrogen-bond acceptors (Lipinski definition) is 15. The fourth-order valence-corrected chi connectivity index (χ4v) is 10.2. The summed E-state index contributed by atoms with van der Waals surface area (Å²) in [6.45, 7) is 22.8. The lowest BCUT2D eigenvalue weighted by atomic mass is 9.99. The van der Waals surface area contributed by atoms with Crippen LogP contribution in [0.2, 0.25) is 10.0 Å². The zero-order valence-electron chi connectivity index (χ0n) is 50.4. The summed E-state index contributed by atoms with van der Waals surface area (Å²) < 4.78 is 30.9. The van der Waals surface area contributed by atoms with Crippen LogP contribution in [0.1, 0.15) is 75.0 Å². The molecule has 5 amide bonds. The van der Waals surface area contributed by atoms with Crippen LogP contribution >= 0.6 is 34.5 Å². The summed E-state index contributed by atoms with van der Waals surface area (Å²) in [7, 11) is 4.13. The van der Waals surface area contributed by atoms with Gasteiger partial charge in [-0.05, 0) is 125 Å². The molecule has 1 saturated heterocycles. The monoisotopic (exact) mass is 1240 g/mol. The Labute approximate surface area is 520 Å². The number of anilines is 2. The number of ether oxygens (including phenoxy) is 5. The van der Waals surface area contributed by atoms with Crippen LogP contribution in [0.4, 0.5) is 15.6 Å². The molecule has 1 aliphatic heterocycles. The molecule has 2 aromatic heterocycles. The van der Waals surface area contributed by atoms with E-state index in [1.165, 1.54) is 11.3 Å². The third kappa shape index (κ3) is 23.5. The average Bonchev–Trinajstić information content (AvgIpc) is 2.37. The number of benzene rings is 3. The highest BCUT2D eigenvalue weighted by Gasteiger charge is 2.35. The predicted molar refractivity (Wildman–Crippen MR) is 340 cm³/mol. The van der Waals surface area contributed by atoms with Crippen LogP contribution in [0.25, 0.3) is 0 Å². The highest BCUT2D eigenvalue weighted by molar-refractivity contribution is 7.14. The number of amides is 5. The Morgan fingerprint density at radius 1 is 0.791 bits per heavy atom. The molecule has 0 bridgehead atoms. The van der Waals surface area contributed by atoms with Crippen LogP contribution in [0.15, 0.2) is 115 Å². The Bertz CT molecular complexity index is 2940. The molecule has 86 heavy (non-hydrogen) atoms. The number of aromatic nitrogens is 4. The van der Waals surface area contributed by atoms with Crippen molar-refractivity contribution in [2.75, 3.05) is 117 Å². The minimum atomic E-state index is -0.945. The van der Waals surface area contributed by atoms with Crippen molar-refractivity contribution in [2.24, 2.45) is 0 Å².